The molecule has 0 radical (unpaired) electrons. The number of carboxylic acid groups (broad SMARTS) is 1. The minimum Gasteiger partial charge on any atom is -0.481 e. The molecule has 0 saturated heterocycles. The number of rotatable bonds is 5. The van der Waals surface area contributed by atoms with Crippen LogP contribution in [0.3, 0.4) is 0 Å². The quantitative estimate of drug-likeness (QED) is 0.902. The third-order valence-corrected chi connectivity index (χ3v) is 4.96. The van der Waals surface area contributed by atoms with Crippen molar-refractivity contribution in [2.75, 3.05) is 6.54 Å². The highest BCUT2D eigenvalue weighted by Crippen LogP contribution is 2.28. The number of carboxylic acids is 1. The van der Waals surface area contributed by atoms with Crippen molar-refractivity contribution in [1.82, 2.24) is 4.31 Å². The molecule has 0 atom stereocenters. The SMILES string of the molecule is CC(C)(C)N(CCC(=O)O)S(=O)(=O)c1c(F)cccc1F. The lowest BCUT2D eigenvalue weighted by Gasteiger charge is -2.34. The Morgan fingerprint density at radius 2 is 1.71 bits per heavy atom. The lowest BCUT2D eigenvalue weighted by molar-refractivity contribution is -0.137. The van der Waals surface area contributed by atoms with Gasteiger partial charge in [-0.2, -0.15) is 4.31 Å². The van der Waals surface area contributed by atoms with E-state index < -0.39 is 44.5 Å². The van der Waals surface area contributed by atoms with E-state index in [0.29, 0.717) is 0 Å². The van der Waals surface area contributed by atoms with E-state index in [4.69, 9.17) is 5.11 Å². The van der Waals surface area contributed by atoms with Crippen LogP contribution in [0.25, 0.3) is 0 Å². The van der Waals surface area contributed by atoms with Gasteiger partial charge in [-0.3, -0.25) is 4.79 Å². The molecule has 0 aliphatic heterocycles. The smallest absolute Gasteiger partial charge is 0.304 e. The Morgan fingerprint density at radius 3 is 2.10 bits per heavy atom. The fraction of sp³-hybridized carbons (Fsp3) is 0.462. The summed E-state index contributed by atoms with van der Waals surface area (Å²) in [6.07, 6.45) is -0.466. The number of sulfonamides is 1. The van der Waals surface area contributed by atoms with E-state index in [2.05, 4.69) is 0 Å². The highest BCUT2D eigenvalue weighted by Gasteiger charge is 2.37. The number of aliphatic carboxylic acids is 1. The zero-order chi connectivity index (χ0) is 16.4. The average molecular weight is 321 g/mol. The predicted molar refractivity (Wildman–Crippen MR) is 72.3 cm³/mol. The lowest BCUT2D eigenvalue weighted by Crippen LogP contribution is -2.47. The molecule has 5 nitrogen and oxygen atoms in total. The van der Waals surface area contributed by atoms with Gasteiger partial charge < -0.3 is 5.11 Å². The summed E-state index contributed by atoms with van der Waals surface area (Å²) in [7, 11) is -4.50. The van der Waals surface area contributed by atoms with Crippen LogP contribution in [0, 0.1) is 11.6 Å². The van der Waals surface area contributed by atoms with E-state index in [9.17, 15) is 22.0 Å². The summed E-state index contributed by atoms with van der Waals surface area (Å²) in [5.74, 6) is -3.62. The van der Waals surface area contributed by atoms with Crippen LogP contribution in [-0.2, 0) is 14.8 Å². The van der Waals surface area contributed by atoms with Crippen molar-refractivity contribution >= 4 is 16.0 Å². The van der Waals surface area contributed by atoms with Crippen LogP contribution in [-0.4, -0.2) is 35.9 Å². The molecule has 1 aromatic rings. The number of halogens is 2. The first-order chi connectivity index (χ1) is 9.48. The van der Waals surface area contributed by atoms with Crippen LogP contribution in [0.1, 0.15) is 27.2 Å². The Bertz CT molecular complexity index is 618. The normalized spacial score (nSPS) is 12.7. The second-order valence-electron chi connectivity index (χ2n) is 5.44. The number of hydrogen-bond donors (Lipinski definition) is 1. The van der Waals surface area contributed by atoms with Gasteiger partial charge in [-0.25, -0.2) is 17.2 Å². The van der Waals surface area contributed by atoms with Crippen molar-refractivity contribution in [2.24, 2.45) is 0 Å². The van der Waals surface area contributed by atoms with Gasteiger partial charge in [0.05, 0.1) is 6.42 Å². The van der Waals surface area contributed by atoms with Crippen LogP contribution in [0.4, 0.5) is 8.78 Å². The fourth-order valence-corrected chi connectivity index (χ4v) is 3.75. The molecule has 8 heteroatoms. The summed E-state index contributed by atoms with van der Waals surface area (Å²) in [5.41, 5.74) is -1.02. The number of carbonyl (C=O) groups is 1. The van der Waals surface area contributed by atoms with Crippen molar-refractivity contribution in [3.05, 3.63) is 29.8 Å². The molecule has 0 aromatic heterocycles. The van der Waals surface area contributed by atoms with E-state index in [1.165, 1.54) is 20.8 Å². The molecule has 0 aliphatic rings. The summed E-state index contributed by atoms with van der Waals surface area (Å²) in [6, 6.07) is 2.74. The largest absolute Gasteiger partial charge is 0.481 e. The lowest BCUT2D eigenvalue weighted by atomic mass is 10.1. The van der Waals surface area contributed by atoms with Gasteiger partial charge in [-0.15, -0.1) is 0 Å². The Labute approximate surface area is 122 Å². The van der Waals surface area contributed by atoms with Gasteiger partial charge in [-0.05, 0) is 32.9 Å². The van der Waals surface area contributed by atoms with Gasteiger partial charge in [0.1, 0.15) is 11.6 Å². The number of nitrogens with zero attached hydrogens (tertiary/aromatic N) is 1. The predicted octanol–water partition coefficient (Wildman–Crippen LogP) is 2.23. The molecular weight excluding hydrogens is 304 g/mol. The molecular formula is C13H17F2NO4S. The Morgan fingerprint density at radius 1 is 1.24 bits per heavy atom. The van der Waals surface area contributed by atoms with E-state index in [1.54, 1.807) is 0 Å². The first kappa shape index (κ1) is 17.5. The average Bonchev–Trinajstić information content (AvgIpc) is 2.25. The highest BCUT2D eigenvalue weighted by atomic mass is 32.2. The molecule has 0 saturated carbocycles. The van der Waals surface area contributed by atoms with E-state index in [0.717, 1.165) is 22.5 Å². The first-order valence-corrected chi connectivity index (χ1v) is 7.60. The van der Waals surface area contributed by atoms with Crippen LogP contribution in [0.15, 0.2) is 23.1 Å². The maximum atomic E-state index is 13.7. The molecule has 0 spiro atoms. The van der Waals surface area contributed by atoms with E-state index in [1.807, 2.05) is 0 Å². The molecule has 1 rings (SSSR count). The molecule has 0 bridgehead atoms. The molecule has 0 unspecified atom stereocenters. The summed E-state index contributed by atoms with van der Waals surface area (Å²) in [6.45, 7) is 4.18. The minimum atomic E-state index is -4.50. The maximum absolute atomic E-state index is 13.7. The molecule has 1 aromatic carbocycles. The molecule has 0 heterocycles. The van der Waals surface area contributed by atoms with Crippen LogP contribution in [0.2, 0.25) is 0 Å². The zero-order valence-electron chi connectivity index (χ0n) is 11.9. The van der Waals surface area contributed by atoms with Crippen molar-refractivity contribution < 1.29 is 27.1 Å². The minimum absolute atomic E-state index is 0.380. The maximum Gasteiger partial charge on any atom is 0.304 e. The van der Waals surface area contributed by atoms with Gasteiger partial charge in [0.25, 0.3) is 0 Å². The van der Waals surface area contributed by atoms with Crippen molar-refractivity contribution in [3.8, 4) is 0 Å². The zero-order valence-corrected chi connectivity index (χ0v) is 12.7. The number of benzene rings is 1. The standard InChI is InChI=1S/C13H17F2NO4S/c1-13(2,3)16(8-7-11(17)18)21(19,20)12-9(14)5-4-6-10(12)15/h4-6H,7-8H2,1-3H3,(H,17,18). The summed E-state index contributed by atoms with van der Waals surface area (Å²) in [4.78, 5) is 9.59. The highest BCUT2D eigenvalue weighted by molar-refractivity contribution is 7.89. The topological polar surface area (TPSA) is 74.7 Å². The van der Waals surface area contributed by atoms with Crippen molar-refractivity contribution in [2.45, 2.75) is 37.6 Å². The van der Waals surface area contributed by atoms with Crippen molar-refractivity contribution in [1.29, 1.82) is 0 Å². The summed E-state index contributed by atoms with van der Waals surface area (Å²) >= 11 is 0. The molecule has 0 fully saturated rings. The van der Waals surface area contributed by atoms with Gasteiger partial charge in [0.15, 0.2) is 4.90 Å². The molecule has 0 aliphatic carbocycles. The Kier molecular flexibility index (Phi) is 5.06. The second kappa shape index (κ2) is 6.07. The Balaban J connectivity index is 3.38. The molecule has 0 amide bonds. The van der Waals surface area contributed by atoms with Gasteiger partial charge in [0, 0.05) is 12.1 Å². The van der Waals surface area contributed by atoms with Gasteiger partial charge >= 0.3 is 5.97 Å². The Hall–Kier alpha value is -1.54. The van der Waals surface area contributed by atoms with Crippen LogP contribution >= 0.6 is 0 Å². The fourth-order valence-electron chi connectivity index (χ4n) is 1.85. The number of hydrogen-bond acceptors (Lipinski definition) is 3. The molecule has 21 heavy (non-hydrogen) atoms. The van der Waals surface area contributed by atoms with Crippen molar-refractivity contribution in [3.63, 3.8) is 0 Å². The monoisotopic (exact) mass is 321 g/mol. The van der Waals surface area contributed by atoms with Gasteiger partial charge in [-0.1, -0.05) is 6.07 Å². The van der Waals surface area contributed by atoms with E-state index >= 15 is 0 Å². The molecule has 1 N–H and O–H groups in total. The van der Waals surface area contributed by atoms with E-state index in [-0.39, 0.29) is 6.54 Å². The second-order valence-corrected chi connectivity index (χ2v) is 7.24. The summed E-state index contributed by atoms with van der Waals surface area (Å²) in [5, 5.41) is 8.70. The first-order valence-electron chi connectivity index (χ1n) is 6.16. The molecule has 118 valence electrons. The van der Waals surface area contributed by atoms with Gasteiger partial charge in [0.2, 0.25) is 10.0 Å². The summed E-state index contributed by atoms with van der Waals surface area (Å²) < 4.78 is 53.2. The van der Waals surface area contributed by atoms with Crippen LogP contribution < -0.4 is 0 Å². The third-order valence-electron chi connectivity index (χ3n) is 2.74. The third kappa shape index (κ3) is 3.98. The van der Waals surface area contributed by atoms with Crippen LogP contribution in [0.5, 0.6) is 0 Å².